The summed E-state index contributed by atoms with van der Waals surface area (Å²) in [5, 5.41) is 21.3. The molecule has 0 spiro atoms. The molecule has 0 saturated carbocycles. The fourth-order valence-corrected chi connectivity index (χ4v) is 1.26. The van der Waals surface area contributed by atoms with Gasteiger partial charge in [0, 0.05) is 11.1 Å². The van der Waals surface area contributed by atoms with Crippen LogP contribution in [0.15, 0.2) is 18.2 Å². The third-order valence-electron chi connectivity index (χ3n) is 1.92. The number of nitro benzene ring substituents is 1. The molecule has 5 nitrogen and oxygen atoms in total. The van der Waals surface area contributed by atoms with Crippen molar-refractivity contribution >= 4 is 23.0 Å². The highest BCUT2D eigenvalue weighted by molar-refractivity contribution is 6.31. The molecule has 0 aliphatic rings. The lowest BCUT2D eigenvalue weighted by Gasteiger charge is -2.14. The number of benzene rings is 1. The van der Waals surface area contributed by atoms with Gasteiger partial charge in [-0.05, 0) is 12.1 Å². The van der Waals surface area contributed by atoms with Crippen LogP contribution in [0, 0.1) is 10.1 Å². The summed E-state index contributed by atoms with van der Waals surface area (Å²) in [4.78, 5) is 9.90. The molecule has 17 heavy (non-hydrogen) atoms. The summed E-state index contributed by atoms with van der Waals surface area (Å²) in [6.07, 6.45) is 0. The lowest BCUT2D eigenvalue weighted by molar-refractivity contribution is -0.384. The Morgan fingerprint density at radius 1 is 1.53 bits per heavy atom. The van der Waals surface area contributed by atoms with Crippen LogP contribution in [0.25, 0.3) is 0 Å². The van der Waals surface area contributed by atoms with Gasteiger partial charge in [0.25, 0.3) is 11.6 Å². The molecule has 1 rings (SSSR count). The summed E-state index contributed by atoms with van der Waals surface area (Å²) in [5.74, 6) is -3.35. The number of rotatable bonds is 5. The molecule has 94 valence electrons. The molecule has 0 fully saturated rings. The van der Waals surface area contributed by atoms with Crippen LogP contribution < -0.4 is 5.32 Å². The zero-order valence-electron chi connectivity index (χ0n) is 8.49. The molecule has 0 heterocycles. The van der Waals surface area contributed by atoms with E-state index in [-0.39, 0.29) is 16.4 Å². The first-order valence-electron chi connectivity index (χ1n) is 4.52. The van der Waals surface area contributed by atoms with Gasteiger partial charge < -0.3 is 10.4 Å². The Labute approximate surface area is 100 Å². The minimum Gasteiger partial charge on any atom is -0.390 e. The molecule has 8 heteroatoms. The number of nitro groups is 1. The maximum absolute atomic E-state index is 12.8. The maximum atomic E-state index is 12.8. The monoisotopic (exact) mass is 266 g/mol. The number of anilines is 1. The van der Waals surface area contributed by atoms with E-state index in [1.807, 2.05) is 0 Å². The summed E-state index contributed by atoms with van der Waals surface area (Å²) in [7, 11) is 0. The number of aliphatic hydroxyl groups is 1. The third-order valence-corrected chi connectivity index (χ3v) is 2.16. The van der Waals surface area contributed by atoms with E-state index in [1.54, 1.807) is 0 Å². The van der Waals surface area contributed by atoms with Crippen molar-refractivity contribution in [3.63, 3.8) is 0 Å². The second-order valence-electron chi connectivity index (χ2n) is 3.29. The molecule has 0 atom stereocenters. The zero-order chi connectivity index (χ0) is 13.1. The predicted octanol–water partition coefficient (Wildman–Crippen LogP) is 2.29. The largest absolute Gasteiger partial charge is 0.390 e. The Morgan fingerprint density at radius 2 is 2.18 bits per heavy atom. The van der Waals surface area contributed by atoms with Crippen molar-refractivity contribution in [3.8, 4) is 0 Å². The van der Waals surface area contributed by atoms with Gasteiger partial charge in [0.1, 0.15) is 12.3 Å². The number of aliphatic hydroxyl groups excluding tert-OH is 1. The third kappa shape index (κ3) is 3.79. The van der Waals surface area contributed by atoms with Crippen molar-refractivity contribution in [2.24, 2.45) is 0 Å². The molecule has 2 N–H and O–H groups in total. The molecule has 0 bridgehead atoms. The Morgan fingerprint density at radius 3 is 2.71 bits per heavy atom. The van der Waals surface area contributed by atoms with E-state index in [0.717, 1.165) is 6.07 Å². The number of nitrogens with zero attached hydrogens (tertiary/aromatic N) is 1. The summed E-state index contributed by atoms with van der Waals surface area (Å²) in [6.45, 7) is -2.25. The van der Waals surface area contributed by atoms with Crippen LogP contribution in [0.5, 0.6) is 0 Å². The van der Waals surface area contributed by atoms with Gasteiger partial charge in [-0.15, -0.1) is 0 Å². The summed E-state index contributed by atoms with van der Waals surface area (Å²) in [6, 6.07) is 3.57. The topological polar surface area (TPSA) is 75.4 Å². The van der Waals surface area contributed by atoms with Crippen molar-refractivity contribution in [2.75, 3.05) is 18.5 Å². The van der Waals surface area contributed by atoms with Crippen LogP contribution >= 0.6 is 11.6 Å². The molecule has 0 aliphatic heterocycles. The van der Waals surface area contributed by atoms with Crippen LogP contribution in [0.4, 0.5) is 20.2 Å². The first-order chi connectivity index (χ1) is 7.85. The Hall–Kier alpha value is -1.47. The molecule has 0 radical (unpaired) electrons. The van der Waals surface area contributed by atoms with Gasteiger partial charge in [0.2, 0.25) is 0 Å². The number of hydrogen-bond acceptors (Lipinski definition) is 4. The van der Waals surface area contributed by atoms with Gasteiger partial charge in [-0.2, -0.15) is 0 Å². The van der Waals surface area contributed by atoms with Crippen LogP contribution in [0.1, 0.15) is 0 Å². The van der Waals surface area contributed by atoms with Gasteiger partial charge in [0.15, 0.2) is 0 Å². The van der Waals surface area contributed by atoms with E-state index in [0.29, 0.717) is 0 Å². The number of nitrogens with one attached hydrogen (secondary N) is 1. The average molecular weight is 267 g/mol. The van der Waals surface area contributed by atoms with Gasteiger partial charge in [-0.1, -0.05) is 11.6 Å². The van der Waals surface area contributed by atoms with Crippen molar-refractivity contribution < 1.29 is 18.8 Å². The number of halogens is 3. The van der Waals surface area contributed by atoms with Gasteiger partial charge in [0.05, 0.1) is 11.5 Å². The smallest absolute Gasteiger partial charge is 0.292 e. The average Bonchev–Trinajstić information content (AvgIpc) is 2.26. The van der Waals surface area contributed by atoms with Crippen molar-refractivity contribution in [1.29, 1.82) is 0 Å². The van der Waals surface area contributed by atoms with Gasteiger partial charge in [-0.3, -0.25) is 10.1 Å². The van der Waals surface area contributed by atoms with Crippen molar-refractivity contribution in [3.05, 3.63) is 33.3 Å². The maximum Gasteiger partial charge on any atom is 0.292 e. The van der Waals surface area contributed by atoms with E-state index in [1.165, 1.54) is 12.1 Å². The Balaban J connectivity index is 2.89. The molecule has 0 aromatic heterocycles. The molecular weight excluding hydrogens is 258 g/mol. The normalized spacial score (nSPS) is 11.3. The van der Waals surface area contributed by atoms with Crippen LogP contribution in [0.2, 0.25) is 5.02 Å². The molecule has 1 aromatic carbocycles. The fourth-order valence-electron chi connectivity index (χ4n) is 1.09. The van der Waals surface area contributed by atoms with Crippen molar-refractivity contribution in [2.45, 2.75) is 5.92 Å². The second kappa shape index (κ2) is 5.24. The highest BCUT2D eigenvalue weighted by Crippen LogP contribution is 2.28. The molecular formula is C9H9ClF2N2O3. The molecule has 0 saturated heterocycles. The summed E-state index contributed by atoms with van der Waals surface area (Å²) in [5.41, 5.74) is -0.473. The molecule has 0 unspecified atom stereocenters. The highest BCUT2D eigenvalue weighted by Gasteiger charge is 2.28. The summed E-state index contributed by atoms with van der Waals surface area (Å²) < 4.78 is 25.5. The lowest BCUT2D eigenvalue weighted by atomic mass is 10.2. The zero-order valence-corrected chi connectivity index (χ0v) is 9.25. The van der Waals surface area contributed by atoms with E-state index in [2.05, 4.69) is 5.32 Å². The molecule has 1 aromatic rings. The Kier molecular flexibility index (Phi) is 4.19. The summed E-state index contributed by atoms with van der Waals surface area (Å²) >= 11 is 5.61. The van der Waals surface area contributed by atoms with Gasteiger partial charge in [-0.25, -0.2) is 8.78 Å². The molecule has 0 aliphatic carbocycles. The second-order valence-corrected chi connectivity index (χ2v) is 3.72. The van der Waals surface area contributed by atoms with E-state index >= 15 is 0 Å². The van der Waals surface area contributed by atoms with Crippen LogP contribution in [0.3, 0.4) is 0 Å². The minimum absolute atomic E-state index is 0.115. The first-order valence-corrected chi connectivity index (χ1v) is 4.90. The SMILES string of the molecule is O=[N+]([O-])c1ccc(Cl)cc1NCC(F)(F)CO. The quantitative estimate of drug-likeness (QED) is 0.633. The fraction of sp³-hybridized carbons (Fsp3) is 0.333. The van der Waals surface area contributed by atoms with Gasteiger partial charge >= 0.3 is 0 Å². The minimum atomic E-state index is -3.35. The van der Waals surface area contributed by atoms with E-state index in [9.17, 15) is 18.9 Å². The predicted molar refractivity (Wildman–Crippen MR) is 58.6 cm³/mol. The number of hydrogen-bond donors (Lipinski definition) is 2. The van der Waals surface area contributed by atoms with E-state index < -0.39 is 24.0 Å². The number of alkyl halides is 2. The Bertz CT molecular complexity index is 429. The van der Waals surface area contributed by atoms with Crippen LogP contribution in [-0.2, 0) is 0 Å². The van der Waals surface area contributed by atoms with E-state index in [4.69, 9.17) is 16.7 Å². The van der Waals surface area contributed by atoms with Crippen LogP contribution in [-0.4, -0.2) is 29.1 Å². The standard InChI is InChI=1S/C9H9ClF2N2O3/c10-6-1-2-8(14(16)17)7(3-6)13-4-9(11,12)5-15/h1-3,13,15H,4-5H2. The first kappa shape index (κ1) is 13.6. The lowest BCUT2D eigenvalue weighted by Crippen LogP contribution is -2.31. The molecule has 0 amide bonds. The highest BCUT2D eigenvalue weighted by atomic mass is 35.5. The van der Waals surface area contributed by atoms with Crippen molar-refractivity contribution in [1.82, 2.24) is 0 Å².